The molecule has 0 bridgehead atoms. The second-order valence-corrected chi connectivity index (χ2v) is 8.62. The van der Waals surface area contributed by atoms with Gasteiger partial charge in [-0.05, 0) is 55.7 Å². The molecule has 1 unspecified atom stereocenters. The van der Waals surface area contributed by atoms with Crippen LogP contribution in [0.2, 0.25) is 5.02 Å². The lowest BCUT2D eigenvalue weighted by Crippen LogP contribution is -2.50. The van der Waals surface area contributed by atoms with Crippen LogP contribution >= 0.6 is 11.6 Å². The number of carbonyl (C=O) groups excluding carboxylic acids is 2. The van der Waals surface area contributed by atoms with Gasteiger partial charge in [0.15, 0.2) is 0 Å². The van der Waals surface area contributed by atoms with Crippen molar-refractivity contribution in [3.8, 4) is 5.75 Å². The molecule has 0 aromatic heterocycles. The summed E-state index contributed by atoms with van der Waals surface area (Å²) in [7, 11) is 0. The average Bonchev–Trinajstić information content (AvgIpc) is 2.73. The first kappa shape index (κ1) is 23.9. The van der Waals surface area contributed by atoms with Crippen LogP contribution in [0.15, 0.2) is 42.5 Å². The number of alkyl halides is 3. The van der Waals surface area contributed by atoms with Crippen LogP contribution in [-0.2, 0) is 11.0 Å². The van der Waals surface area contributed by atoms with Crippen LogP contribution in [0.5, 0.6) is 5.75 Å². The molecule has 5 nitrogen and oxygen atoms in total. The molecule has 0 saturated carbocycles. The van der Waals surface area contributed by atoms with Gasteiger partial charge in [-0.25, -0.2) is 0 Å². The van der Waals surface area contributed by atoms with E-state index >= 15 is 0 Å². The highest BCUT2D eigenvalue weighted by atomic mass is 35.5. The first-order valence-corrected chi connectivity index (χ1v) is 10.5. The second kappa shape index (κ2) is 9.40. The van der Waals surface area contributed by atoms with E-state index in [0.29, 0.717) is 23.6 Å². The van der Waals surface area contributed by atoms with Gasteiger partial charge in [-0.2, -0.15) is 13.2 Å². The van der Waals surface area contributed by atoms with E-state index in [2.05, 4.69) is 0 Å². The van der Waals surface area contributed by atoms with Gasteiger partial charge in [0.25, 0.3) is 5.91 Å². The minimum atomic E-state index is -4.65. The van der Waals surface area contributed by atoms with Gasteiger partial charge >= 0.3 is 6.18 Å². The number of rotatable bonds is 6. The average molecular weight is 469 g/mol. The van der Waals surface area contributed by atoms with Gasteiger partial charge in [0, 0.05) is 29.9 Å². The van der Waals surface area contributed by atoms with Crippen molar-refractivity contribution in [2.75, 3.05) is 19.7 Å². The zero-order valence-electron chi connectivity index (χ0n) is 17.5. The number of benzene rings is 2. The highest BCUT2D eigenvalue weighted by Gasteiger charge is 2.42. The predicted molar refractivity (Wildman–Crippen MR) is 115 cm³/mol. The quantitative estimate of drug-likeness (QED) is 0.659. The molecule has 0 radical (unpaired) electrons. The summed E-state index contributed by atoms with van der Waals surface area (Å²) in [6, 6.07) is 9.84. The van der Waals surface area contributed by atoms with Crippen molar-refractivity contribution in [1.29, 1.82) is 0 Å². The summed E-state index contributed by atoms with van der Waals surface area (Å²) in [5.41, 5.74) is 4.09. The van der Waals surface area contributed by atoms with Crippen LogP contribution in [0.3, 0.4) is 0 Å². The van der Waals surface area contributed by atoms with Crippen LogP contribution in [0.25, 0.3) is 0 Å². The van der Waals surface area contributed by atoms with Gasteiger partial charge < -0.3 is 15.4 Å². The number of hydrogen-bond acceptors (Lipinski definition) is 3. The monoisotopic (exact) mass is 468 g/mol. The van der Waals surface area contributed by atoms with E-state index in [-0.39, 0.29) is 26.1 Å². The first-order chi connectivity index (χ1) is 15.0. The molecule has 0 aliphatic carbocycles. The van der Waals surface area contributed by atoms with E-state index in [9.17, 15) is 22.8 Å². The van der Waals surface area contributed by atoms with Gasteiger partial charge in [0.05, 0.1) is 17.7 Å². The molecule has 1 aliphatic rings. The van der Waals surface area contributed by atoms with Crippen LogP contribution in [0, 0.1) is 12.3 Å². The molecular formula is C23H24ClF3N2O3. The molecular weight excluding hydrogens is 445 g/mol. The molecule has 1 saturated heterocycles. The van der Waals surface area contributed by atoms with Gasteiger partial charge in [-0.3, -0.25) is 9.59 Å². The fourth-order valence-corrected chi connectivity index (χ4v) is 4.21. The number of aryl methyl sites for hydroxylation is 1. The Balaban J connectivity index is 1.84. The minimum absolute atomic E-state index is 0.0513. The van der Waals surface area contributed by atoms with E-state index in [1.54, 1.807) is 18.2 Å². The third-order valence-corrected chi connectivity index (χ3v) is 6.06. The molecule has 0 spiro atoms. The third-order valence-electron chi connectivity index (χ3n) is 5.64. The van der Waals surface area contributed by atoms with Crippen molar-refractivity contribution in [3.63, 3.8) is 0 Å². The molecule has 2 aromatic carbocycles. The number of nitrogens with zero attached hydrogens (tertiary/aromatic N) is 1. The summed E-state index contributed by atoms with van der Waals surface area (Å²) in [6.45, 7) is 2.26. The maximum Gasteiger partial charge on any atom is 0.417 e. The minimum Gasteiger partial charge on any atom is -0.493 e. The maximum absolute atomic E-state index is 13.4. The molecule has 3 rings (SSSR count). The zero-order chi connectivity index (χ0) is 23.5. The number of hydrogen-bond donors (Lipinski definition) is 1. The lowest BCUT2D eigenvalue weighted by atomic mass is 9.77. The highest BCUT2D eigenvalue weighted by Crippen LogP contribution is 2.37. The van der Waals surface area contributed by atoms with Gasteiger partial charge in [0.1, 0.15) is 5.75 Å². The SMILES string of the molecule is Cc1cc(OCC2(CC(N)=O)CCCN(C(=O)c3ccccc3C(F)(F)F)C2)ccc1Cl. The molecule has 1 aliphatic heterocycles. The summed E-state index contributed by atoms with van der Waals surface area (Å²) in [5.74, 6) is -0.749. The largest absolute Gasteiger partial charge is 0.493 e. The molecule has 2 N–H and O–H groups in total. The van der Waals surface area contributed by atoms with E-state index in [4.69, 9.17) is 22.1 Å². The fraction of sp³-hybridized carbons (Fsp3) is 0.391. The predicted octanol–water partition coefficient (Wildman–Crippen LogP) is 4.84. The molecule has 9 heteroatoms. The maximum atomic E-state index is 13.4. The van der Waals surface area contributed by atoms with Crippen molar-refractivity contribution < 1.29 is 27.5 Å². The normalized spacial score (nSPS) is 19.0. The van der Waals surface area contributed by atoms with E-state index in [0.717, 1.165) is 11.6 Å². The lowest BCUT2D eigenvalue weighted by molar-refractivity contribution is -0.138. The molecule has 2 amide bonds. The lowest BCUT2D eigenvalue weighted by Gasteiger charge is -2.42. The number of primary amides is 1. The number of ether oxygens (including phenoxy) is 1. The van der Waals surface area contributed by atoms with Crippen LogP contribution in [0.4, 0.5) is 13.2 Å². The molecule has 1 heterocycles. The smallest absolute Gasteiger partial charge is 0.417 e. The van der Waals surface area contributed by atoms with Crippen molar-refractivity contribution in [3.05, 3.63) is 64.2 Å². The highest BCUT2D eigenvalue weighted by molar-refractivity contribution is 6.31. The summed E-state index contributed by atoms with van der Waals surface area (Å²) in [6.07, 6.45) is -3.64. The Morgan fingerprint density at radius 2 is 1.94 bits per heavy atom. The number of piperidine rings is 1. The molecule has 172 valence electrons. The van der Waals surface area contributed by atoms with E-state index in [1.165, 1.54) is 23.1 Å². The van der Waals surface area contributed by atoms with Crippen LogP contribution in [-0.4, -0.2) is 36.4 Å². The summed E-state index contributed by atoms with van der Waals surface area (Å²) in [4.78, 5) is 26.2. The first-order valence-electron chi connectivity index (χ1n) is 10.1. The van der Waals surface area contributed by atoms with Crippen molar-refractivity contribution in [2.45, 2.75) is 32.4 Å². The number of carbonyl (C=O) groups is 2. The number of amides is 2. The molecule has 1 atom stereocenters. The Morgan fingerprint density at radius 3 is 2.59 bits per heavy atom. The van der Waals surface area contributed by atoms with E-state index < -0.39 is 34.5 Å². The number of halogens is 4. The third kappa shape index (κ3) is 5.54. The van der Waals surface area contributed by atoms with Crippen molar-refractivity contribution in [1.82, 2.24) is 4.90 Å². The van der Waals surface area contributed by atoms with Gasteiger partial charge in [-0.1, -0.05) is 23.7 Å². The summed E-state index contributed by atoms with van der Waals surface area (Å²) >= 11 is 6.04. The van der Waals surface area contributed by atoms with E-state index in [1.807, 2.05) is 6.92 Å². The topological polar surface area (TPSA) is 72.6 Å². The molecule has 1 fully saturated rings. The Kier molecular flexibility index (Phi) is 7.03. The summed E-state index contributed by atoms with van der Waals surface area (Å²) < 4.78 is 46.1. The second-order valence-electron chi connectivity index (χ2n) is 8.22. The van der Waals surface area contributed by atoms with Crippen molar-refractivity contribution in [2.24, 2.45) is 11.1 Å². The van der Waals surface area contributed by atoms with Crippen molar-refractivity contribution >= 4 is 23.4 Å². The Bertz CT molecular complexity index is 1010. The van der Waals surface area contributed by atoms with Gasteiger partial charge in [0.2, 0.25) is 5.91 Å². The Hall–Kier alpha value is -2.74. The molecule has 32 heavy (non-hydrogen) atoms. The fourth-order valence-electron chi connectivity index (χ4n) is 4.09. The molecule has 2 aromatic rings. The Labute approximate surface area is 189 Å². The Morgan fingerprint density at radius 1 is 1.22 bits per heavy atom. The number of nitrogens with two attached hydrogens (primary N) is 1. The zero-order valence-corrected chi connectivity index (χ0v) is 18.3. The van der Waals surface area contributed by atoms with Crippen LogP contribution in [0.1, 0.15) is 40.7 Å². The summed E-state index contributed by atoms with van der Waals surface area (Å²) in [5, 5.41) is 0.585. The number of likely N-dealkylation sites (tertiary alicyclic amines) is 1. The standard InChI is InChI=1S/C23H24ClF3N2O3/c1-15-11-16(7-8-19(15)24)32-14-22(12-20(28)30)9-4-10-29(13-22)21(31)17-5-2-3-6-18(17)23(25,26)27/h2-3,5-8,11H,4,9-10,12-14H2,1H3,(H2,28,30). The van der Waals surface area contributed by atoms with Gasteiger partial charge in [-0.15, -0.1) is 0 Å². The van der Waals surface area contributed by atoms with Crippen LogP contribution < -0.4 is 10.5 Å².